The van der Waals surface area contributed by atoms with E-state index < -0.39 is 18.3 Å². The highest BCUT2D eigenvalue weighted by Crippen LogP contribution is 2.26. The Kier molecular flexibility index (Phi) is 6.09. The number of thiazole rings is 1. The van der Waals surface area contributed by atoms with E-state index >= 15 is 0 Å². The Morgan fingerprint density at radius 1 is 1.30 bits per heavy atom. The highest BCUT2D eigenvalue weighted by Gasteiger charge is 2.23. The number of ether oxygens (including phenoxy) is 1. The molecule has 0 aliphatic rings. The molecular formula is C16H20N2O4S. The number of nitrogens with zero attached hydrogens (tertiary/aromatic N) is 1. The van der Waals surface area contributed by atoms with Gasteiger partial charge in [0.15, 0.2) is 0 Å². The van der Waals surface area contributed by atoms with Crippen molar-refractivity contribution in [1.82, 2.24) is 10.3 Å². The third-order valence-electron chi connectivity index (χ3n) is 3.24. The Labute approximate surface area is 138 Å². The number of benzene rings is 1. The van der Waals surface area contributed by atoms with Crippen molar-refractivity contribution >= 4 is 17.4 Å². The Morgan fingerprint density at radius 3 is 2.61 bits per heavy atom. The van der Waals surface area contributed by atoms with Gasteiger partial charge in [-0.2, -0.15) is 0 Å². The first kappa shape index (κ1) is 17.4. The Morgan fingerprint density at radius 2 is 2.00 bits per heavy atom. The summed E-state index contributed by atoms with van der Waals surface area (Å²) in [6.45, 7) is 3.65. The summed E-state index contributed by atoms with van der Waals surface area (Å²) in [5, 5.41) is 23.4. The Balaban J connectivity index is 1.78. The first-order valence-electron chi connectivity index (χ1n) is 7.22. The summed E-state index contributed by atoms with van der Waals surface area (Å²) in [6, 6.07) is 9.29. The van der Waals surface area contributed by atoms with Crippen LogP contribution >= 0.6 is 11.3 Å². The van der Waals surface area contributed by atoms with Gasteiger partial charge in [-0.3, -0.25) is 0 Å². The van der Waals surface area contributed by atoms with Crippen LogP contribution in [-0.2, 0) is 11.3 Å². The second-order valence-corrected chi connectivity index (χ2v) is 6.37. The third kappa shape index (κ3) is 5.02. The zero-order chi connectivity index (χ0) is 16.8. The summed E-state index contributed by atoms with van der Waals surface area (Å²) in [7, 11) is 0. The maximum Gasteiger partial charge on any atom is 0.407 e. The van der Waals surface area contributed by atoms with Crippen molar-refractivity contribution in [3.05, 3.63) is 51.5 Å². The number of aromatic nitrogens is 1. The quantitative estimate of drug-likeness (QED) is 0.751. The molecule has 0 aliphatic heterocycles. The van der Waals surface area contributed by atoms with Crippen molar-refractivity contribution in [3.8, 4) is 0 Å². The van der Waals surface area contributed by atoms with Crippen LogP contribution in [0.4, 0.5) is 4.79 Å². The summed E-state index contributed by atoms with van der Waals surface area (Å²) in [5.74, 6) is 0. The lowest BCUT2D eigenvalue weighted by molar-refractivity contribution is 0.0200. The van der Waals surface area contributed by atoms with Gasteiger partial charge in [0.25, 0.3) is 0 Å². The summed E-state index contributed by atoms with van der Waals surface area (Å²) in [4.78, 5) is 16.4. The molecule has 0 saturated heterocycles. The van der Waals surface area contributed by atoms with E-state index in [1.54, 1.807) is 6.92 Å². The zero-order valence-electron chi connectivity index (χ0n) is 13.0. The summed E-state index contributed by atoms with van der Waals surface area (Å²) < 4.78 is 5.04. The van der Waals surface area contributed by atoms with Crippen molar-refractivity contribution < 1.29 is 19.7 Å². The molecule has 0 saturated carbocycles. The number of carbonyl (C=O) groups is 1. The first-order valence-corrected chi connectivity index (χ1v) is 8.03. The minimum absolute atomic E-state index is 0.106. The van der Waals surface area contributed by atoms with Gasteiger partial charge >= 0.3 is 6.09 Å². The lowest BCUT2D eigenvalue weighted by Gasteiger charge is -2.17. The van der Waals surface area contributed by atoms with Crippen LogP contribution in [0.3, 0.4) is 0 Å². The molecule has 2 aromatic rings. The van der Waals surface area contributed by atoms with Gasteiger partial charge in [0, 0.05) is 6.54 Å². The number of aryl methyl sites for hydroxylation is 2. The smallest absolute Gasteiger partial charge is 0.407 e. The largest absolute Gasteiger partial charge is 0.445 e. The number of alkyl carbamates (subject to hydrolysis) is 1. The topological polar surface area (TPSA) is 91.7 Å². The molecule has 2 unspecified atom stereocenters. The minimum Gasteiger partial charge on any atom is -0.445 e. The van der Waals surface area contributed by atoms with Crippen LogP contribution < -0.4 is 5.32 Å². The highest BCUT2D eigenvalue weighted by molar-refractivity contribution is 7.11. The average molecular weight is 336 g/mol. The van der Waals surface area contributed by atoms with E-state index in [4.69, 9.17) is 4.74 Å². The molecule has 3 N–H and O–H groups in total. The minimum atomic E-state index is -1.13. The standard InChI is InChI=1S/C16H20N2O4S/c1-10-15(23-11(2)18-10)14(20)13(19)8-17-16(21)22-9-12-6-4-3-5-7-12/h3-7,13-14,19-20H,8-9H2,1-2H3,(H,17,21). The molecule has 2 atom stereocenters. The van der Waals surface area contributed by atoms with Crippen LogP contribution in [0.25, 0.3) is 0 Å². The molecule has 1 aromatic heterocycles. The highest BCUT2D eigenvalue weighted by atomic mass is 32.1. The molecule has 0 spiro atoms. The van der Waals surface area contributed by atoms with Crippen LogP contribution in [0.2, 0.25) is 0 Å². The number of amides is 1. The average Bonchev–Trinajstić information content (AvgIpc) is 2.89. The van der Waals surface area contributed by atoms with Gasteiger partial charge in [0.05, 0.1) is 15.6 Å². The summed E-state index contributed by atoms with van der Waals surface area (Å²) in [6.07, 6.45) is -2.86. The molecule has 0 bridgehead atoms. The molecule has 23 heavy (non-hydrogen) atoms. The van der Waals surface area contributed by atoms with E-state index in [-0.39, 0.29) is 13.2 Å². The van der Waals surface area contributed by atoms with Gasteiger partial charge in [-0.1, -0.05) is 30.3 Å². The van der Waals surface area contributed by atoms with Gasteiger partial charge in [0.1, 0.15) is 18.8 Å². The molecule has 2 rings (SSSR count). The zero-order valence-corrected chi connectivity index (χ0v) is 13.8. The molecule has 1 amide bonds. The van der Waals surface area contributed by atoms with Crippen molar-refractivity contribution in [3.63, 3.8) is 0 Å². The van der Waals surface area contributed by atoms with Gasteiger partial charge in [-0.15, -0.1) is 11.3 Å². The van der Waals surface area contributed by atoms with Crippen LogP contribution in [0, 0.1) is 13.8 Å². The van der Waals surface area contributed by atoms with Crippen LogP contribution in [0.5, 0.6) is 0 Å². The van der Waals surface area contributed by atoms with Crippen molar-refractivity contribution in [2.45, 2.75) is 32.7 Å². The number of aliphatic hydroxyl groups is 2. The van der Waals surface area contributed by atoms with E-state index in [1.165, 1.54) is 11.3 Å². The van der Waals surface area contributed by atoms with Crippen molar-refractivity contribution in [2.75, 3.05) is 6.54 Å². The predicted octanol–water partition coefficient (Wildman–Crippen LogP) is 2.08. The second kappa shape index (κ2) is 8.05. The van der Waals surface area contributed by atoms with Gasteiger partial charge in [0.2, 0.25) is 0 Å². The van der Waals surface area contributed by atoms with Crippen LogP contribution in [0.1, 0.15) is 27.2 Å². The molecule has 7 heteroatoms. The van der Waals surface area contributed by atoms with Gasteiger partial charge in [-0.05, 0) is 19.4 Å². The second-order valence-electron chi connectivity index (χ2n) is 5.14. The Hall–Kier alpha value is -1.96. The van der Waals surface area contributed by atoms with E-state index in [2.05, 4.69) is 10.3 Å². The molecule has 0 fully saturated rings. The van der Waals surface area contributed by atoms with E-state index in [1.807, 2.05) is 37.3 Å². The Bertz CT molecular complexity index is 645. The van der Waals surface area contributed by atoms with Crippen LogP contribution in [0.15, 0.2) is 30.3 Å². The van der Waals surface area contributed by atoms with E-state index in [9.17, 15) is 15.0 Å². The number of rotatable bonds is 6. The SMILES string of the molecule is Cc1nc(C)c(C(O)C(O)CNC(=O)OCc2ccccc2)s1. The predicted molar refractivity (Wildman–Crippen MR) is 87.2 cm³/mol. The number of hydrogen-bond acceptors (Lipinski definition) is 6. The van der Waals surface area contributed by atoms with Crippen LogP contribution in [-0.4, -0.2) is 33.9 Å². The fraction of sp³-hybridized carbons (Fsp3) is 0.375. The van der Waals surface area contributed by atoms with E-state index in [0.717, 1.165) is 10.6 Å². The summed E-state index contributed by atoms with van der Waals surface area (Å²) >= 11 is 1.33. The van der Waals surface area contributed by atoms with Gasteiger partial charge < -0.3 is 20.3 Å². The third-order valence-corrected chi connectivity index (χ3v) is 4.38. The molecular weight excluding hydrogens is 316 g/mol. The van der Waals surface area contributed by atoms with Crippen molar-refractivity contribution in [2.24, 2.45) is 0 Å². The molecule has 0 aliphatic carbocycles. The molecule has 6 nitrogen and oxygen atoms in total. The van der Waals surface area contributed by atoms with E-state index in [0.29, 0.717) is 10.6 Å². The first-order chi connectivity index (χ1) is 11.0. The lowest BCUT2D eigenvalue weighted by Crippen LogP contribution is -2.35. The van der Waals surface area contributed by atoms with Crippen molar-refractivity contribution in [1.29, 1.82) is 0 Å². The normalized spacial score (nSPS) is 13.4. The summed E-state index contributed by atoms with van der Waals surface area (Å²) in [5.41, 5.74) is 1.56. The number of carbonyl (C=O) groups excluding carboxylic acids is 1. The lowest BCUT2D eigenvalue weighted by atomic mass is 10.1. The molecule has 1 heterocycles. The number of nitrogens with one attached hydrogen (secondary N) is 1. The molecule has 0 radical (unpaired) electrons. The van der Waals surface area contributed by atoms with Gasteiger partial charge in [-0.25, -0.2) is 9.78 Å². The maximum absolute atomic E-state index is 11.6. The maximum atomic E-state index is 11.6. The molecule has 124 valence electrons. The fourth-order valence-electron chi connectivity index (χ4n) is 2.07. The number of hydrogen-bond donors (Lipinski definition) is 3. The monoisotopic (exact) mass is 336 g/mol. The molecule has 1 aromatic carbocycles. The number of aliphatic hydroxyl groups excluding tert-OH is 2. The fourth-order valence-corrected chi connectivity index (χ4v) is 3.04.